The zero-order valence-corrected chi connectivity index (χ0v) is 8.92. The van der Waals surface area contributed by atoms with E-state index in [1.54, 1.807) is 6.07 Å². The van der Waals surface area contributed by atoms with Crippen LogP contribution in [-0.4, -0.2) is 16.1 Å². The van der Waals surface area contributed by atoms with Gasteiger partial charge in [0, 0.05) is 11.9 Å². The molecule has 5 heteroatoms. The highest BCUT2D eigenvalue weighted by Gasteiger charge is 2.14. The maximum atomic E-state index is 11.1. The third-order valence-corrected chi connectivity index (χ3v) is 2.25. The Balaban J connectivity index is 2.40. The molecule has 0 aliphatic heterocycles. The molecule has 17 heavy (non-hydrogen) atoms. The average Bonchev–Trinajstić information content (AvgIpc) is 2.30. The van der Waals surface area contributed by atoms with Crippen molar-refractivity contribution in [2.24, 2.45) is 0 Å². The number of aromatic nitrogens is 1. The minimum Gasteiger partial charge on any atom is -0.477 e. The number of pyridine rings is 1. The fourth-order valence-electron chi connectivity index (χ4n) is 1.48. The largest absolute Gasteiger partial charge is 0.477 e. The van der Waals surface area contributed by atoms with Gasteiger partial charge in [-0.05, 0) is 18.2 Å². The minimum absolute atomic E-state index is 0.00145. The van der Waals surface area contributed by atoms with E-state index in [9.17, 15) is 4.79 Å². The van der Waals surface area contributed by atoms with Crippen LogP contribution >= 0.6 is 0 Å². The highest BCUT2D eigenvalue weighted by molar-refractivity contribution is 5.99. The second-order valence-electron chi connectivity index (χ2n) is 3.41. The lowest BCUT2D eigenvalue weighted by molar-refractivity contribution is 0.0699. The molecule has 2 aromatic rings. The maximum Gasteiger partial charge on any atom is 0.341 e. The summed E-state index contributed by atoms with van der Waals surface area (Å²) in [6, 6.07) is 10.8. The van der Waals surface area contributed by atoms with Gasteiger partial charge in [-0.2, -0.15) is 0 Å². The third kappa shape index (κ3) is 2.34. The van der Waals surface area contributed by atoms with Gasteiger partial charge in [0.1, 0.15) is 11.4 Å². The summed E-state index contributed by atoms with van der Waals surface area (Å²) in [5.41, 5.74) is 6.75. The minimum atomic E-state index is -1.10. The quantitative estimate of drug-likeness (QED) is 0.750. The Morgan fingerprint density at radius 3 is 2.59 bits per heavy atom. The van der Waals surface area contributed by atoms with E-state index in [-0.39, 0.29) is 11.4 Å². The van der Waals surface area contributed by atoms with Crippen LogP contribution in [0.1, 0.15) is 10.4 Å². The van der Waals surface area contributed by atoms with Gasteiger partial charge < -0.3 is 16.2 Å². The number of nitrogens with one attached hydrogen (secondary N) is 1. The summed E-state index contributed by atoms with van der Waals surface area (Å²) in [7, 11) is 0. The van der Waals surface area contributed by atoms with Crippen molar-refractivity contribution < 1.29 is 9.90 Å². The number of benzene rings is 1. The van der Waals surface area contributed by atoms with E-state index in [1.165, 1.54) is 6.20 Å². The molecule has 0 unspecified atom stereocenters. The van der Waals surface area contributed by atoms with Gasteiger partial charge in [-0.3, -0.25) is 0 Å². The standard InChI is InChI=1S/C12H11N3O2/c13-11-10(12(16)17)9(6-7-14-11)15-8-4-2-1-3-5-8/h1-7H,(H,16,17)(H3,13,14,15). The number of para-hydroxylation sites is 1. The summed E-state index contributed by atoms with van der Waals surface area (Å²) >= 11 is 0. The first kappa shape index (κ1) is 10.9. The molecule has 0 saturated heterocycles. The Kier molecular flexibility index (Phi) is 2.91. The van der Waals surface area contributed by atoms with E-state index in [0.29, 0.717) is 5.69 Å². The molecule has 1 aromatic heterocycles. The molecule has 1 aromatic carbocycles. The normalized spacial score (nSPS) is 9.88. The fraction of sp³-hybridized carbons (Fsp3) is 0. The van der Waals surface area contributed by atoms with Crippen molar-refractivity contribution in [1.29, 1.82) is 0 Å². The van der Waals surface area contributed by atoms with Crippen LogP contribution in [0, 0.1) is 0 Å². The number of carboxylic acid groups (broad SMARTS) is 1. The SMILES string of the molecule is Nc1nccc(Nc2ccccc2)c1C(=O)O. The molecular formula is C12H11N3O2. The van der Waals surface area contributed by atoms with Crippen LogP contribution in [0.2, 0.25) is 0 Å². The van der Waals surface area contributed by atoms with Crippen LogP contribution in [0.3, 0.4) is 0 Å². The number of hydrogen-bond acceptors (Lipinski definition) is 4. The van der Waals surface area contributed by atoms with Crippen molar-refractivity contribution in [1.82, 2.24) is 4.98 Å². The van der Waals surface area contributed by atoms with Gasteiger partial charge in [0.25, 0.3) is 0 Å². The fourth-order valence-corrected chi connectivity index (χ4v) is 1.48. The molecule has 0 radical (unpaired) electrons. The molecule has 86 valence electrons. The van der Waals surface area contributed by atoms with Gasteiger partial charge in [0.15, 0.2) is 0 Å². The zero-order chi connectivity index (χ0) is 12.3. The van der Waals surface area contributed by atoms with Crippen molar-refractivity contribution in [2.45, 2.75) is 0 Å². The highest BCUT2D eigenvalue weighted by Crippen LogP contribution is 2.23. The van der Waals surface area contributed by atoms with Crippen LogP contribution in [0.5, 0.6) is 0 Å². The number of rotatable bonds is 3. The third-order valence-electron chi connectivity index (χ3n) is 2.25. The Labute approximate surface area is 97.9 Å². The maximum absolute atomic E-state index is 11.1. The number of carbonyl (C=O) groups is 1. The number of nitrogens with two attached hydrogens (primary N) is 1. The highest BCUT2D eigenvalue weighted by atomic mass is 16.4. The predicted octanol–water partition coefficient (Wildman–Crippen LogP) is 2.11. The topological polar surface area (TPSA) is 88.2 Å². The summed E-state index contributed by atoms with van der Waals surface area (Å²) in [5.74, 6) is -1.10. The van der Waals surface area contributed by atoms with E-state index in [0.717, 1.165) is 5.69 Å². The predicted molar refractivity (Wildman–Crippen MR) is 65.3 cm³/mol. The lowest BCUT2D eigenvalue weighted by Gasteiger charge is -2.10. The molecule has 0 amide bonds. The second-order valence-corrected chi connectivity index (χ2v) is 3.41. The first-order valence-electron chi connectivity index (χ1n) is 4.98. The number of nitrogens with zero attached hydrogens (tertiary/aromatic N) is 1. The summed E-state index contributed by atoms with van der Waals surface area (Å²) in [6.07, 6.45) is 1.47. The first-order valence-corrected chi connectivity index (χ1v) is 4.98. The summed E-state index contributed by atoms with van der Waals surface area (Å²) in [4.78, 5) is 14.8. The van der Waals surface area contributed by atoms with Crippen molar-refractivity contribution in [3.05, 3.63) is 48.2 Å². The van der Waals surface area contributed by atoms with Crippen molar-refractivity contribution in [2.75, 3.05) is 11.1 Å². The van der Waals surface area contributed by atoms with E-state index < -0.39 is 5.97 Å². The van der Waals surface area contributed by atoms with Crippen molar-refractivity contribution in [3.63, 3.8) is 0 Å². The molecule has 0 aliphatic carbocycles. The Bertz CT molecular complexity index is 541. The molecule has 1 heterocycles. The molecule has 5 nitrogen and oxygen atoms in total. The smallest absolute Gasteiger partial charge is 0.341 e. The van der Waals surface area contributed by atoms with Crippen LogP contribution in [0.25, 0.3) is 0 Å². The first-order chi connectivity index (χ1) is 8.18. The van der Waals surface area contributed by atoms with Crippen molar-refractivity contribution in [3.8, 4) is 0 Å². The van der Waals surface area contributed by atoms with E-state index in [4.69, 9.17) is 10.8 Å². The number of aromatic carboxylic acids is 1. The van der Waals surface area contributed by atoms with Gasteiger partial charge in [-0.1, -0.05) is 18.2 Å². The van der Waals surface area contributed by atoms with E-state index in [2.05, 4.69) is 10.3 Å². The zero-order valence-electron chi connectivity index (χ0n) is 8.92. The number of anilines is 3. The van der Waals surface area contributed by atoms with Gasteiger partial charge >= 0.3 is 5.97 Å². The number of hydrogen-bond donors (Lipinski definition) is 3. The Morgan fingerprint density at radius 1 is 1.24 bits per heavy atom. The van der Waals surface area contributed by atoms with Crippen molar-refractivity contribution >= 4 is 23.2 Å². The van der Waals surface area contributed by atoms with E-state index in [1.807, 2.05) is 30.3 Å². The lowest BCUT2D eigenvalue weighted by atomic mass is 10.2. The van der Waals surface area contributed by atoms with Crippen LogP contribution < -0.4 is 11.1 Å². The van der Waals surface area contributed by atoms with Crippen LogP contribution in [0.4, 0.5) is 17.2 Å². The Morgan fingerprint density at radius 2 is 1.94 bits per heavy atom. The van der Waals surface area contributed by atoms with Gasteiger partial charge in [0.2, 0.25) is 0 Å². The van der Waals surface area contributed by atoms with Gasteiger partial charge in [-0.15, -0.1) is 0 Å². The molecule has 2 rings (SSSR count). The molecule has 4 N–H and O–H groups in total. The molecule has 0 saturated carbocycles. The molecule has 0 bridgehead atoms. The second kappa shape index (κ2) is 4.52. The molecule has 0 aliphatic rings. The van der Waals surface area contributed by atoms with Crippen LogP contribution in [0.15, 0.2) is 42.6 Å². The monoisotopic (exact) mass is 229 g/mol. The molecule has 0 spiro atoms. The molecule has 0 fully saturated rings. The van der Waals surface area contributed by atoms with Crippen LogP contribution in [-0.2, 0) is 0 Å². The summed E-state index contributed by atoms with van der Waals surface area (Å²) in [6.45, 7) is 0. The summed E-state index contributed by atoms with van der Waals surface area (Å²) < 4.78 is 0. The number of nitrogen functional groups attached to an aromatic ring is 1. The lowest BCUT2D eigenvalue weighted by Crippen LogP contribution is -2.08. The molecular weight excluding hydrogens is 218 g/mol. The van der Waals surface area contributed by atoms with Gasteiger partial charge in [-0.25, -0.2) is 9.78 Å². The summed E-state index contributed by atoms with van der Waals surface area (Å²) in [5, 5.41) is 12.1. The van der Waals surface area contributed by atoms with Gasteiger partial charge in [0.05, 0.1) is 5.69 Å². The number of carboxylic acids is 1. The average molecular weight is 229 g/mol. The molecule has 0 atom stereocenters. The van der Waals surface area contributed by atoms with E-state index >= 15 is 0 Å². The Hall–Kier alpha value is -2.56.